The molecule has 0 N–H and O–H groups in total. The highest BCUT2D eigenvalue weighted by Gasteiger charge is 2.21. The second-order valence-corrected chi connectivity index (χ2v) is 6.78. The Morgan fingerprint density at radius 2 is 1.88 bits per heavy atom. The van der Waals surface area contributed by atoms with Crippen molar-refractivity contribution in [2.75, 3.05) is 0 Å². The first kappa shape index (κ1) is 16.8. The SMILES string of the molecule is Cc1c(C(=O)c2ccc(Cl)cc2Cl)oc2cc(-c3ccccn3)ccc12. The number of furan rings is 1. The molecule has 0 aliphatic heterocycles. The van der Waals surface area contributed by atoms with Crippen LogP contribution in [0.15, 0.2) is 65.2 Å². The van der Waals surface area contributed by atoms with Gasteiger partial charge in [0.25, 0.3) is 0 Å². The van der Waals surface area contributed by atoms with E-state index in [1.807, 2.05) is 43.3 Å². The molecule has 0 fully saturated rings. The summed E-state index contributed by atoms with van der Waals surface area (Å²) in [6, 6.07) is 16.3. The normalized spacial score (nSPS) is 11.0. The summed E-state index contributed by atoms with van der Waals surface area (Å²) in [7, 11) is 0. The maximum Gasteiger partial charge on any atom is 0.229 e. The standard InChI is InChI=1S/C21H13Cl2NO2/c1-12-15-7-5-13(18-4-2-3-9-24-18)10-19(15)26-21(12)20(25)16-8-6-14(22)11-17(16)23/h2-11H,1H3. The van der Waals surface area contributed by atoms with E-state index in [0.717, 1.165) is 22.2 Å². The predicted molar refractivity (Wildman–Crippen MR) is 104 cm³/mol. The Morgan fingerprint density at radius 1 is 1.04 bits per heavy atom. The van der Waals surface area contributed by atoms with Crippen molar-refractivity contribution in [2.24, 2.45) is 0 Å². The average Bonchev–Trinajstić information content (AvgIpc) is 2.98. The molecular formula is C21H13Cl2NO2. The molecule has 26 heavy (non-hydrogen) atoms. The van der Waals surface area contributed by atoms with E-state index in [2.05, 4.69) is 4.98 Å². The van der Waals surface area contributed by atoms with Gasteiger partial charge in [-0.1, -0.05) is 41.4 Å². The third-order valence-corrected chi connectivity index (χ3v) is 4.83. The van der Waals surface area contributed by atoms with Gasteiger partial charge in [0.2, 0.25) is 5.78 Å². The second-order valence-electron chi connectivity index (χ2n) is 5.94. The number of pyridine rings is 1. The summed E-state index contributed by atoms with van der Waals surface area (Å²) in [6.07, 6.45) is 1.74. The third kappa shape index (κ3) is 2.90. The number of hydrogen-bond donors (Lipinski definition) is 0. The zero-order valence-electron chi connectivity index (χ0n) is 13.8. The van der Waals surface area contributed by atoms with Crippen molar-refractivity contribution in [3.63, 3.8) is 0 Å². The third-order valence-electron chi connectivity index (χ3n) is 4.28. The predicted octanol–water partition coefficient (Wildman–Crippen LogP) is 6.34. The van der Waals surface area contributed by atoms with Crippen molar-refractivity contribution in [1.29, 1.82) is 0 Å². The number of aromatic nitrogens is 1. The molecule has 2 aromatic heterocycles. The van der Waals surface area contributed by atoms with Gasteiger partial charge in [-0.15, -0.1) is 0 Å². The minimum atomic E-state index is -0.264. The van der Waals surface area contributed by atoms with Gasteiger partial charge in [0.1, 0.15) is 5.58 Å². The van der Waals surface area contributed by atoms with Crippen molar-refractivity contribution in [2.45, 2.75) is 6.92 Å². The second kappa shape index (κ2) is 6.60. The van der Waals surface area contributed by atoms with Crippen LogP contribution >= 0.6 is 23.2 Å². The van der Waals surface area contributed by atoms with Gasteiger partial charge in [0.05, 0.1) is 10.7 Å². The van der Waals surface area contributed by atoms with E-state index >= 15 is 0 Å². The van der Waals surface area contributed by atoms with E-state index in [4.69, 9.17) is 27.6 Å². The molecule has 0 atom stereocenters. The number of benzene rings is 2. The van der Waals surface area contributed by atoms with Crippen LogP contribution in [-0.4, -0.2) is 10.8 Å². The summed E-state index contributed by atoms with van der Waals surface area (Å²) < 4.78 is 5.89. The van der Waals surface area contributed by atoms with Gasteiger partial charge < -0.3 is 4.42 Å². The summed E-state index contributed by atoms with van der Waals surface area (Å²) in [5.74, 6) is 0.0159. The van der Waals surface area contributed by atoms with Gasteiger partial charge in [-0.25, -0.2) is 0 Å². The van der Waals surface area contributed by atoms with Gasteiger partial charge >= 0.3 is 0 Å². The highest BCUT2D eigenvalue weighted by Crippen LogP contribution is 2.32. The number of halogens is 2. The van der Waals surface area contributed by atoms with Crippen LogP contribution in [0, 0.1) is 6.92 Å². The van der Waals surface area contributed by atoms with Crippen molar-refractivity contribution in [1.82, 2.24) is 4.98 Å². The highest BCUT2D eigenvalue weighted by atomic mass is 35.5. The average molecular weight is 382 g/mol. The lowest BCUT2D eigenvalue weighted by atomic mass is 10.0. The van der Waals surface area contributed by atoms with E-state index in [9.17, 15) is 4.79 Å². The number of aryl methyl sites for hydroxylation is 1. The topological polar surface area (TPSA) is 43.1 Å². The molecule has 4 aromatic rings. The molecule has 128 valence electrons. The summed E-state index contributed by atoms with van der Waals surface area (Å²) >= 11 is 12.1. The van der Waals surface area contributed by atoms with E-state index in [0.29, 0.717) is 21.2 Å². The van der Waals surface area contributed by atoms with Crippen LogP contribution in [-0.2, 0) is 0 Å². The van der Waals surface area contributed by atoms with Gasteiger partial charge in [-0.2, -0.15) is 0 Å². The summed E-state index contributed by atoms with van der Waals surface area (Å²) in [6.45, 7) is 1.86. The number of carbonyl (C=O) groups is 1. The number of nitrogens with zero attached hydrogens (tertiary/aromatic N) is 1. The molecule has 0 radical (unpaired) electrons. The van der Waals surface area contributed by atoms with Gasteiger partial charge in [-0.05, 0) is 43.3 Å². The van der Waals surface area contributed by atoms with E-state index < -0.39 is 0 Å². The Labute approximate surface area is 160 Å². The number of hydrogen-bond acceptors (Lipinski definition) is 3. The molecule has 0 aliphatic carbocycles. The molecule has 0 bridgehead atoms. The molecule has 0 unspecified atom stereocenters. The molecule has 0 aliphatic rings. The first-order valence-electron chi connectivity index (χ1n) is 7.99. The number of rotatable bonds is 3. The molecule has 2 heterocycles. The van der Waals surface area contributed by atoms with Crippen LogP contribution in [0.25, 0.3) is 22.2 Å². The fourth-order valence-corrected chi connectivity index (χ4v) is 3.43. The maximum absolute atomic E-state index is 12.9. The molecule has 0 saturated heterocycles. The van der Waals surface area contributed by atoms with Gasteiger partial charge in [0.15, 0.2) is 5.76 Å². The lowest BCUT2D eigenvalue weighted by Gasteiger charge is -2.02. The Bertz CT molecular complexity index is 1130. The Kier molecular flexibility index (Phi) is 4.27. The van der Waals surface area contributed by atoms with Crippen molar-refractivity contribution in [3.05, 3.63) is 87.7 Å². The number of fused-ring (bicyclic) bond motifs is 1. The van der Waals surface area contributed by atoms with Crippen molar-refractivity contribution < 1.29 is 9.21 Å². The summed E-state index contributed by atoms with van der Waals surface area (Å²) in [5, 5.41) is 1.67. The first-order valence-corrected chi connectivity index (χ1v) is 8.74. The van der Waals surface area contributed by atoms with Crippen molar-refractivity contribution >= 4 is 40.0 Å². The fourth-order valence-electron chi connectivity index (χ4n) is 2.93. The highest BCUT2D eigenvalue weighted by molar-refractivity contribution is 6.37. The van der Waals surface area contributed by atoms with Gasteiger partial charge in [0, 0.05) is 33.3 Å². The Hall–Kier alpha value is -2.62. The molecule has 0 amide bonds. The fraction of sp³-hybridized carbons (Fsp3) is 0.0476. The monoisotopic (exact) mass is 381 g/mol. The molecule has 5 heteroatoms. The molecule has 0 spiro atoms. The Balaban J connectivity index is 1.81. The summed E-state index contributed by atoms with van der Waals surface area (Å²) in [4.78, 5) is 17.2. The van der Waals surface area contributed by atoms with Gasteiger partial charge in [-0.3, -0.25) is 9.78 Å². The van der Waals surface area contributed by atoms with E-state index in [1.165, 1.54) is 0 Å². The van der Waals surface area contributed by atoms with Crippen LogP contribution in [0.4, 0.5) is 0 Å². The minimum absolute atomic E-state index is 0.264. The summed E-state index contributed by atoms with van der Waals surface area (Å²) in [5.41, 5.74) is 3.55. The zero-order chi connectivity index (χ0) is 18.3. The van der Waals surface area contributed by atoms with Crippen LogP contribution in [0.3, 0.4) is 0 Å². The smallest absolute Gasteiger partial charge is 0.229 e. The quantitative estimate of drug-likeness (QED) is 0.388. The maximum atomic E-state index is 12.9. The molecule has 3 nitrogen and oxygen atoms in total. The minimum Gasteiger partial charge on any atom is -0.452 e. The van der Waals surface area contributed by atoms with Crippen molar-refractivity contribution in [3.8, 4) is 11.3 Å². The molecule has 2 aromatic carbocycles. The zero-order valence-corrected chi connectivity index (χ0v) is 15.3. The van der Waals surface area contributed by atoms with Crippen LogP contribution in [0.1, 0.15) is 21.7 Å². The lowest BCUT2D eigenvalue weighted by molar-refractivity contribution is 0.101. The van der Waals surface area contributed by atoms with E-state index in [-0.39, 0.29) is 11.5 Å². The lowest BCUT2D eigenvalue weighted by Crippen LogP contribution is -2.02. The van der Waals surface area contributed by atoms with Crippen LogP contribution < -0.4 is 0 Å². The van der Waals surface area contributed by atoms with Crippen LogP contribution in [0.5, 0.6) is 0 Å². The molecular weight excluding hydrogens is 369 g/mol. The Morgan fingerprint density at radius 3 is 2.62 bits per heavy atom. The van der Waals surface area contributed by atoms with Crippen LogP contribution in [0.2, 0.25) is 10.0 Å². The van der Waals surface area contributed by atoms with E-state index in [1.54, 1.807) is 24.4 Å². The molecule has 4 rings (SSSR count). The number of ketones is 1. The molecule has 0 saturated carbocycles. The number of carbonyl (C=O) groups excluding carboxylic acids is 1. The largest absolute Gasteiger partial charge is 0.452 e. The first-order chi connectivity index (χ1) is 12.5.